The van der Waals surface area contributed by atoms with Crippen LogP contribution in [-0.4, -0.2) is 12.9 Å². The van der Waals surface area contributed by atoms with E-state index in [1.54, 1.807) is 14.0 Å². The van der Waals surface area contributed by atoms with Gasteiger partial charge in [-0.1, -0.05) is 85.2 Å². The van der Waals surface area contributed by atoms with Crippen LogP contribution in [0.15, 0.2) is 36.4 Å². The molecule has 0 saturated carbocycles. The first-order valence-electron chi connectivity index (χ1n) is 9.61. The summed E-state index contributed by atoms with van der Waals surface area (Å²) in [5.74, 6) is 1.12. The predicted molar refractivity (Wildman–Crippen MR) is 118 cm³/mol. The van der Waals surface area contributed by atoms with Gasteiger partial charge in [0.1, 0.15) is 5.75 Å². The van der Waals surface area contributed by atoms with Gasteiger partial charge in [0.15, 0.2) is 5.78 Å². The SMILES string of the molecule is CCC(C)(Pc1ccccc1C(C)=O)c1cc(C)cc(C(C)(C)C)c1OC. The van der Waals surface area contributed by atoms with E-state index >= 15 is 0 Å². The van der Waals surface area contributed by atoms with Gasteiger partial charge in [0.25, 0.3) is 0 Å². The fourth-order valence-electron chi connectivity index (χ4n) is 3.50. The second-order valence-corrected chi connectivity index (χ2v) is 10.4. The zero-order valence-corrected chi connectivity index (χ0v) is 19.0. The zero-order valence-electron chi connectivity index (χ0n) is 18.0. The lowest BCUT2D eigenvalue weighted by Crippen LogP contribution is -2.24. The summed E-state index contributed by atoms with van der Waals surface area (Å²) in [4.78, 5) is 12.1. The van der Waals surface area contributed by atoms with E-state index in [0.29, 0.717) is 8.58 Å². The molecule has 2 aromatic rings. The van der Waals surface area contributed by atoms with Crippen molar-refractivity contribution in [1.29, 1.82) is 0 Å². The lowest BCUT2D eigenvalue weighted by atomic mass is 9.81. The van der Waals surface area contributed by atoms with E-state index < -0.39 is 0 Å². The Kier molecular flexibility index (Phi) is 6.53. The maximum absolute atomic E-state index is 12.1. The highest BCUT2D eigenvalue weighted by atomic mass is 31.1. The van der Waals surface area contributed by atoms with E-state index in [1.807, 2.05) is 18.2 Å². The number of ether oxygens (including phenoxy) is 1. The van der Waals surface area contributed by atoms with Gasteiger partial charge in [0.05, 0.1) is 7.11 Å². The van der Waals surface area contributed by atoms with Crippen molar-refractivity contribution in [3.63, 3.8) is 0 Å². The normalized spacial score (nSPS) is 14.4. The Balaban J connectivity index is 2.66. The van der Waals surface area contributed by atoms with Gasteiger partial charge in [-0.15, -0.1) is 0 Å². The van der Waals surface area contributed by atoms with Crippen LogP contribution in [0.3, 0.4) is 0 Å². The quantitative estimate of drug-likeness (QED) is 0.442. The minimum absolute atomic E-state index is 0.00116. The average Bonchev–Trinajstić information content (AvgIpc) is 2.60. The Hall–Kier alpha value is -1.66. The number of carbonyl (C=O) groups excluding carboxylic acids is 1. The van der Waals surface area contributed by atoms with Crippen molar-refractivity contribution in [3.8, 4) is 5.75 Å². The second-order valence-electron chi connectivity index (χ2n) is 8.56. The van der Waals surface area contributed by atoms with E-state index in [2.05, 4.69) is 59.7 Å². The average molecular weight is 385 g/mol. The Morgan fingerprint density at radius 1 is 1.07 bits per heavy atom. The number of hydrogen-bond donors (Lipinski definition) is 0. The van der Waals surface area contributed by atoms with Crippen molar-refractivity contribution in [1.82, 2.24) is 0 Å². The first kappa shape index (κ1) is 21.6. The van der Waals surface area contributed by atoms with Crippen LogP contribution >= 0.6 is 8.58 Å². The molecule has 0 saturated heterocycles. The van der Waals surface area contributed by atoms with Crippen molar-refractivity contribution in [2.45, 2.75) is 65.5 Å². The topological polar surface area (TPSA) is 26.3 Å². The minimum Gasteiger partial charge on any atom is -0.496 e. The third-order valence-electron chi connectivity index (χ3n) is 5.26. The first-order valence-corrected chi connectivity index (χ1v) is 10.6. The number of ketones is 1. The van der Waals surface area contributed by atoms with Crippen LogP contribution in [0.2, 0.25) is 0 Å². The molecule has 2 unspecified atom stereocenters. The summed E-state index contributed by atoms with van der Waals surface area (Å²) in [6, 6.07) is 12.5. The lowest BCUT2D eigenvalue weighted by molar-refractivity contribution is 0.101. The number of benzene rings is 2. The molecule has 0 aliphatic carbocycles. The maximum atomic E-state index is 12.1. The van der Waals surface area contributed by atoms with Crippen molar-refractivity contribution in [2.24, 2.45) is 0 Å². The molecule has 0 amide bonds. The van der Waals surface area contributed by atoms with E-state index in [1.165, 1.54) is 16.7 Å². The van der Waals surface area contributed by atoms with Gasteiger partial charge in [0, 0.05) is 21.8 Å². The molecule has 2 atom stereocenters. The number of hydrogen-bond acceptors (Lipinski definition) is 2. The summed E-state index contributed by atoms with van der Waals surface area (Å²) >= 11 is 0. The highest BCUT2D eigenvalue weighted by Crippen LogP contribution is 2.50. The van der Waals surface area contributed by atoms with E-state index in [4.69, 9.17) is 4.74 Å². The van der Waals surface area contributed by atoms with E-state index in [9.17, 15) is 4.79 Å². The molecule has 0 bridgehead atoms. The van der Waals surface area contributed by atoms with Gasteiger partial charge in [-0.25, -0.2) is 0 Å². The van der Waals surface area contributed by atoms with Gasteiger partial charge in [-0.05, 0) is 31.0 Å². The summed E-state index contributed by atoms with van der Waals surface area (Å²) in [5.41, 5.74) is 4.57. The monoisotopic (exact) mass is 384 g/mol. The van der Waals surface area contributed by atoms with Crippen LogP contribution in [0, 0.1) is 6.92 Å². The molecular formula is C24H33O2P. The van der Waals surface area contributed by atoms with Crippen molar-refractivity contribution < 1.29 is 9.53 Å². The number of carbonyl (C=O) groups is 1. The molecule has 0 fully saturated rings. The summed E-state index contributed by atoms with van der Waals surface area (Å²) in [6.07, 6.45) is 0.973. The Morgan fingerprint density at radius 2 is 1.67 bits per heavy atom. The van der Waals surface area contributed by atoms with Crippen molar-refractivity contribution in [2.75, 3.05) is 7.11 Å². The van der Waals surface area contributed by atoms with Crippen LogP contribution in [0.1, 0.15) is 75.0 Å². The molecule has 146 valence electrons. The molecule has 0 radical (unpaired) electrons. The summed E-state index contributed by atoms with van der Waals surface area (Å²) in [5, 5.41) is 1.04. The van der Waals surface area contributed by atoms with Crippen LogP contribution in [0.25, 0.3) is 0 Å². The van der Waals surface area contributed by atoms with Crippen molar-refractivity contribution >= 4 is 19.7 Å². The number of methoxy groups -OCH3 is 1. The van der Waals surface area contributed by atoms with Crippen LogP contribution in [0.4, 0.5) is 0 Å². The number of aryl methyl sites for hydroxylation is 1. The van der Waals surface area contributed by atoms with E-state index in [-0.39, 0.29) is 16.4 Å². The molecule has 2 aromatic carbocycles. The predicted octanol–water partition coefficient (Wildman–Crippen LogP) is 6.13. The van der Waals surface area contributed by atoms with E-state index in [0.717, 1.165) is 23.0 Å². The Labute approximate surface area is 166 Å². The molecule has 0 spiro atoms. The molecule has 2 rings (SSSR count). The lowest BCUT2D eigenvalue weighted by Gasteiger charge is -2.34. The molecule has 0 heterocycles. The maximum Gasteiger partial charge on any atom is 0.160 e. The highest BCUT2D eigenvalue weighted by molar-refractivity contribution is 7.48. The second kappa shape index (κ2) is 8.15. The molecule has 0 aliphatic rings. The van der Waals surface area contributed by atoms with Gasteiger partial charge in [-0.2, -0.15) is 0 Å². The summed E-state index contributed by atoms with van der Waals surface area (Å²) in [7, 11) is 2.26. The smallest absolute Gasteiger partial charge is 0.160 e. The standard InChI is InChI=1S/C24H33O2P/c1-9-24(7,27-21-13-11-10-12-18(21)17(3)25)20-15-16(2)14-19(22(20)26-8)23(4,5)6/h10-15,27H,9H2,1-8H3. The fraction of sp³-hybridized carbons (Fsp3) is 0.458. The van der Waals surface area contributed by atoms with Gasteiger partial charge < -0.3 is 4.74 Å². The molecule has 0 N–H and O–H groups in total. The summed E-state index contributed by atoms with van der Waals surface area (Å²) in [6.45, 7) is 15.0. The van der Waals surface area contributed by atoms with Gasteiger partial charge >= 0.3 is 0 Å². The molecule has 2 nitrogen and oxygen atoms in total. The Bertz CT molecular complexity index is 833. The first-order chi connectivity index (χ1) is 12.5. The molecule has 0 aromatic heterocycles. The minimum atomic E-state index is -0.0943. The fourth-order valence-corrected chi connectivity index (χ4v) is 5.17. The Morgan fingerprint density at radius 3 is 2.19 bits per heavy atom. The largest absolute Gasteiger partial charge is 0.496 e. The van der Waals surface area contributed by atoms with Crippen LogP contribution in [0.5, 0.6) is 5.75 Å². The molecule has 27 heavy (non-hydrogen) atoms. The molecular weight excluding hydrogens is 351 g/mol. The van der Waals surface area contributed by atoms with Crippen molar-refractivity contribution in [3.05, 3.63) is 58.7 Å². The zero-order chi connectivity index (χ0) is 20.4. The highest BCUT2D eigenvalue weighted by Gasteiger charge is 2.33. The molecule has 3 heteroatoms. The van der Waals surface area contributed by atoms with Crippen LogP contribution in [-0.2, 0) is 10.6 Å². The number of Topliss-reactive ketones (excluding diaryl/α,β-unsaturated/α-hetero) is 1. The third kappa shape index (κ3) is 4.61. The van der Waals surface area contributed by atoms with Gasteiger partial charge in [0.2, 0.25) is 0 Å². The third-order valence-corrected chi connectivity index (χ3v) is 7.14. The van der Waals surface area contributed by atoms with Crippen LogP contribution < -0.4 is 10.0 Å². The summed E-state index contributed by atoms with van der Waals surface area (Å²) < 4.78 is 5.96. The number of rotatable bonds is 6. The molecule has 0 aliphatic heterocycles. The van der Waals surface area contributed by atoms with Gasteiger partial charge in [-0.3, -0.25) is 4.79 Å².